The van der Waals surface area contributed by atoms with E-state index in [9.17, 15) is 0 Å². The molecule has 2 nitrogen and oxygen atoms in total. The molecular formula is C18H34N2. The van der Waals surface area contributed by atoms with Gasteiger partial charge in [-0.25, -0.2) is 0 Å². The van der Waals surface area contributed by atoms with E-state index in [4.69, 9.17) is 0 Å². The molecule has 2 heteroatoms. The van der Waals surface area contributed by atoms with Crippen LogP contribution in [0.4, 0.5) is 0 Å². The van der Waals surface area contributed by atoms with Gasteiger partial charge in [0.1, 0.15) is 0 Å². The molecule has 0 heterocycles. The Hall–Kier alpha value is -0.660. The number of hydrogen-bond donors (Lipinski definition) is 0. The van der Waals surface area contributed by atoms with Crippen molar-refractivity contribution in [2.24, 2.45) is 15.9 Å². The molecule has 0 N–H and O–H groups in total. The summed E-state index contributed by atoms with van der Waals surface area (Å²) in [7, 11) is 0. The Labute approximate surface area is 126 Å². The lowest BCUT2D eigenvalue weighted by atomic mass is 9.95. The van der Waals surface area contributed by atoms with Crippen molar-refractivity contribution < 1.29 is 0 Å². The third-order valence-electron chi connectivity index (χ3n) is 4.43. The minimum absolute atomic E-state index is 0.239. The highest BCUT2D eigenvalue weighted by atomic mass is 14.8. The van der Waals surface area contributed by atoms with Crippen molar-refractivity contribution in [3.63, 3.8) is 0 Å². The highest BCUT2D eigenvalue weighted by molar-refractivity contribution is 5.65. The van der Waals surface area contributed by atoms with Crippen LogP contribution in [0.15, 0.2) is 9.98 Å². The Bertz CT molecular complexity index is 248. The standard InChI is InChI=1S/C18H34N2/c1-3-12-18(19-2)16-20-15-17-13-10-8-6-4-5-7-9-11-14-17/h16-18H,2-15H2,1H3. The second-order valence-corrected chi connectivity index (χ2v) is 6.32. The van der Waals surface area contributed by atoms with E-state index in [1.807, 2.05) is 6.21 Å². The molecule has 0 bridgehead atoms. The van der Waals surface area contributed by atoms with Gasteiger partial charge in [0.15, 0.2) is 0 Å². The molecule has 0 radical (unpaired) electrons. The second-order valence-electron chi connectivity index (χ2n) is 6.32. The van der Waals surface area contributed by atoms with Crippen LogP contribution in [0.25, 0.3) is 0 Å². The van der Waals surface area contributed by atoms with E-state index in [1.165, 1.54) is 64.2 Å². The van der Waals surface area contributed by atoms with Gasteiger partial charge in [-0.2, -0.15) is 0 Å². The van der Waals surface area contributed by atoms with Gasteiger partial charge in [-0.05, 0) is 31.9 Å². The van der Waals surface area contributed by atoms with E-state index >= 15 is 0 Å². The Morgan fingerprint density at radius 2 is 1.55 bits per heavy atom. The quantitative estimate of drug-likeness (QED) is 0.577. The predicted octanol–water partition coefficient (Wildman–Crippen LogP) is 5.46. The van der Waals surface area contributed by atoms with Crippen molar-refractivity contribution in [3.8, 4) is 0 Å². The number of rotatable bonds is 6. The minimum Gasteiger partial charge on any atom is -0.295 e. The largest absolute Gasteiger partial charge is 0.295 e. The zero-order valence-corrected chi connectivity index (χ0v) is 13.5. The molecule has 0 saturated heterocycles. The SMILES string of the molecule is C=NC(C=NCC1CCCCCCCCCC1)CCC. The van der Waals surface area contributed by atoms with Gasteiger partial charge in [0.05, 0.1) is 6.04 Å². The van der Waals surface area contributed by atoms with Crippen LogP contribution >= 0.6 is 0 Å². The van der Waals surface area contributed by atoms with E-state index in [1.54, 1.807) is 0 Å². The van der Waals surface area contributed by atoms with Crippen LogP contribution in [0, 0.1) is 5.92 Å². The molecule has 1 rings (SSSR count). The number of aliphatic imine (C=N–C) groups is 2. The highest BCUT2D eigenvalue weighted by Crippen LogP contribution is 2.21. The Balaban J connectivity index is 2.32. The first kappa shape index (κ1) is 17.4. The van der Waals surface area contributed by atoms with Gasteiger partial charge in [-0.3, -0.25) is 9.98 Å². The number of hydrogen-bond acceptors (Lipinski definition) is 2. The summed E-state index contributed by atoms with van der Waals surface area (Å²) in [6, 6.07) is 0.239. The maximum Gasteiger partial charge on any atom is 0.0838 e. The molecule has 116 valence electrons. The average molecular weight is 278 g/mol. The van der Waals surface area contributed by atoms with Gasteiger partial charge in [0, 0.05) is 12.8 Å². The van der Waals surface area contributed by atoms with Crippen molar-refractivity contribution in [2.45, 2.75) is 90.0 Å². The molecule has 0 aromatic carbocycles. The molecular weight excluding hydrogens is 244 g/mol. The maximum absolute atomic E-state index is 4.68. The van der Waals surface area contributed by atoms with Gasteiger partial charge < -0.3 is 0 Å². The molecule has 0 aliphatic heterocycles. The lowest BCUT2D eigenvalue weighted by Crippen LogP contribution is -2.09. The monoisotopic (exact) mass is 278 g/mol. The van der Waals surface area contributed by atoms with Crippen LogP contribution in [0.5, 0.6) is 0 Å². The molecule has 0 aromatic heterocycles. The van der Waals surface area contributed by atoms with Crippen molar-refractivity contribution in [2.75, 3.05) is 6.54 Å². The fraction of sp³-hybridized carbons (Fsp3) is 0.889. The van der Waals surface area contributed by atoms with E-state index in [2.05, 4.69) is 23.6 Å². The Kier molecular flexibility index (Phi) is 10.5. The Morgan fingerprint density at radius 1 is 1.00 bits per heavy atom. The molecule has 0 spiro atoms. The summed E-state index contributed by atoms with van der Waals surface area (Å²) in [6.07, 6.45) is 18.5. The molecule has 1 fully saturated rings. The summed E-state index contributed by atoms with van der Waals surface area (Å²) >= 11 is 0. The maximum atomic E-state index is 4.68. The summed E-state index contributed by atoms with van der Waals surface area (Å²) in [6.45, 7) is 6.86. The molecule has 0 aromatic rings. The van der Waals surface area contributed by atoms with Crippen LogP contribution in [0.3, 0.4) is 0 Å². The molecule has 1 unspecified atom stereocenters. The van der Waals surface area contributed by atoms with E-state index in [0.717, 1.165) is 25.3 Å². The van der Waals surface area contributed by atoms with Gasteiger partial charge in [-0.1, -0.05) is 64.7 Å². The van der Waals surface area contributed by atoms with Gasteiger partial charge >= 0.3 is 0 Å². The molecule has 1 aliphatic rings. The van der Waals surface area contributed by atoms with Crippen molar-refractivity contribution >= 4 is 12.9 Å². The number of nitrogens with zero attached hydrogens (tertiary/aromatic N) is 2. The summed E-state index contributed by atoms with van der Waals surface area (Å²) in [5, 5.41) is 0. The third-order valence-corrected chi connectivity index (χ3v) is 4.43. The smallest absolute Gasteiger partial charge is 0.0838 e. The van der Waals surface area contributed by atoms with E-state index < -0.39 is 0 Å². The molecule has 1 aliphatic carbocycles. The van der Waals surface area contributed by atoms with Crippen LogP contribution in [-0.2, 0) is 0 Å². The first-order chi connectivity index (χ1) is 9.86. The van der Waals surface area contributed by atoms with Gasteiger partial charge in [0.25, 0.3) is 0 Å². The van der Waals surface area contributed by atoms with Crippen LogP contribution in [0.1, 0.15) is 84.0 Å². The first-order valence-corrected chi connectivity index (χ1v) is 8.82. The van der Waals surface area contributed by atoms with E-state index in [-0.39, 0.29) is 6.04 Å². The molecule has 0 amide bonds. The lowest BCUT2D eigenvalue weighted by Gasteiger charge is -2.14. The highest BCUT2D eigenvalue weighted by Gasteiger charge is 2.09. The normalized spacial score (nSPS) is 21.4. The minimum atomic E-state index is 0.239. The average Bonchev–Trinajstić information content (AvgIpc) is 2.52. The van der Waals surface area contributed by atoms with Gasteiger partial charge in [0.2, 0.25) is 0 Å². The first-order valence-electron chi connectivity index (χ1n) is 8.82. The van der Waals surface area contributed by atoms with Crippen molar-refractivity contribution in [1.29, 1.82) is 0 Å². The van der Waals surface area contributed by atoms with Crippen molar-refractivity contribution in [3.05, 3.63) is 0 Å². The summed E-state index contributed by atoms with van der Waals surface area (Å²) in [5.41, 5.74) is 0. The Morgan fingerprint density at radius 3 is 2.05 bits per heavy atom. The summed E-state index contributed by atoms with van der Waals surface area (Å²) < 4.78 is 0. The zero-order chi connectivity index (χ0) is 14.5. The summed E-state index contributed by atoms with van der Waals surface area (Å²) in [4.78, 5) is 8.81. The topological polar surface area (TPSA) is 24.7 Å². The fourth-order valence-corrected chi connectivity index (χ4v) is 3.09. The molecule has 1 atom stereocenters. The van der Waals surface area contributed by atoms with Crippen LogP contribution in [0.2, 0.25) is 0 Å². The van der Waals surface area contributed by atoms with Crippen LogP contribution in [-0.4, -0.2) is 25.5 Å². The lowest BCUT2D eigenvalue weighted by molar-refractivity contribution is 0.423. The van der Waals surface area contributed by atoms with Gasteiger partial charge in [-0.15, -0.1) is 0 Å². The third kappa shape index (κ3) is 8.50. The predicted molar refractivity (Wildman–Crippen MR) is 91.3 cm³/mol. The fourth-order valence-electron chi connectivity index (χ4n) is 3.09. The molecule has 1 saturated carbocycles. The summed E-state index contributed by atoms with van der Waals surface area (Å²) in [5.74, 6) is 0.802. The molecule has 20 heavy (non-hydrogen) atoms. The van der Waals surface area contributed by atoms with Crippen LogP contribution < -0.4 is 0 Å². The van der Waals surface area contributed by atoms with Crippen molar-refractivity contribution in [1.82, 2.24) is 0 Å². The van der Waals surface area contributed by atoms with E-state index in [0.29, 0.717) is 0 Å². The second kappa shape index (κ2) is 12.1. The zero-order valence-electron chi connectivity index (χ0n) is 13.5.